The number of hydrogen-bond acceptors (Lipinski definition) is 5. The van der Waals surface area contributed by atoms with Crippen molar-refractivity contribution in [3.8, 4) is 5.88 Å². The highest BCUT2D eigenvalue weighted by molar-refractivity contribution is 6.00. The van der Waals surface area contributed by atoms with Crippen LogP contribution in [0.3, 0.4) is 0 Å². The molecule has 0 saturated heterocycles. The van der Waals surface area contributed by atoms with Gasteiger partial charge in [-0.05, 0) is 77.3 Å². The van der Waals surface area contributed by atoms with Gasteiger partial charge in [0.15, 0.2) is 6.30 Å². The Labute approximate surface area is 209 Å². The van der Waals surface area contributed by atoms with E-state index in [-0.39, 0.29) is 0 Å². The molecule has 2 heterocycles. The summed E-state index contributed by atoms with van der Waals surface area (Å²) in [4.78, 5) is 15.5. The largest absolute Gasteiger partial charge is 0.481 e. The molecule has 0 radical (unpaired) electrons. The van der Waals surface area contributed by atoms with Gasteiger partial charge in [0, 0.05) is 29.5 Å². The Morgan fingerprint density at radius 3 is 2.53 bits per heavy atom. The van der Waals surface area contributed by atoms with E-state index in [0.29, 0.717) is 17.4 Å². The number of nitrogens with zero attached hydrogens (tertiary/aromatic N) is 1. The molecular formula is C29H28FN3O3. The number of pyridine rings is 1. The number of carboxylic acid groups (broad SMARTS) is 1. The third kappa shape index (κ3) is 4.62. The Bertz CT molecular complexity index is 1360. The molecule has 0 bridgehead atoms. The van der Waals surface area contributed by atoms with Crippen LogP contribution in [0.4, 0.5) is 10.1 Å². The van der Waals surface area contributed by atoms with Crippen molar-refractivity contribution in [1.29, 1.82) is 0 Å². The molecule has 1 unspecified atom stereocenters. The number of fused-ring (bicyclic) bond motifs is 1. The van der Waals surface area contributed by atoms with Crippen LogP contribution in [0, 0.1) is 12.8 Å². The van der Waals surface area contributed by atoms with E-state index in [1.807, 2.05) is 54.7 Å². The molecule has 1 aliphatic carbocycles. The van der Waals surface area contributed by atoms with E-state index in [1.165, 1.54) is 5.57 Å². The van der Waals surface area contributed by atoms with E-state index in [2.05, 4.69) is 22.8 Å². The van der Waals surface area contributed by atoms with Crippen molar-refractivity contribution >= 4 is 28.9 Å². The zero-order chi connectivity index (χ0) is 25.2. The zero-order valence-electron chi connectivity index (χ0n) is 20.2. The second-order valence-electron chi connectivity index (χ2n) is 9.19. The lowest BCUT2D eigenvalue weighted by Crippen LogP contribution is -2.16. The van der Waals surface area contributed by atoms with Crippen LogP contribution >= 0.6 is 0 Å². The molecule has 2 aliphatic rings. The monoisotopic (exact) mass is 485 g/mol. The molecule has 0 spiro atoms. The Hall–Kier alpha value is -3.97. The van der Waals surface area contributed by atoms with E-state index in [4.69, 9.17) is 9.84 Å². The molecule has 3 N–H and O–H groups in total. The van der Waals surface area contributed by atoms with E-state index in [9.17, 15) is 9.18 Å². The summed E-state index contributed by atoms with van der Waals surface area (Å²) >= 11 is 0. The molecular weight excluding hydrogens is 457 g/mol. The normalized spacial score (nSPS) is 17.8. The number of benzene rings is 2. The molecule has 3 aromatic rings. The molecule has 1 aliphatic heterocycles. The highest BCUT2D eigenvalue weighted by Crippen LogP contribution is 2.46. The predicted octanol–water partition coefficient (Wildman–Crippen LogP) is 6.15. The first-order valence-electron chi connectivity index (χ1n) is 12.0. The maximum absolute atomic E-state index is 14.6. The van der Waals surface area contributed by atoms with E-state index in [1.54, 1.807) is 13.2 Å². The fourth-order valence-electron chi connectivity index (χ4n) is 4.85. The number of nitrogens with one attached hydrogen (secondary N) is 2. The van der Waals surface area contributed by atoms with E-state index in [0.717, 1.165) is 64.4 Å². The molecule has 5 rings (SSSR count). The Kier molecular flexibility index (Phi) is 6.57. The van der Waals surface area contributed by atoms with Gasteiger partial charge in [-0.25, -0.2) is 19.6 Å². The van der Waals surface area contributed by atoms with Crippen LogP contribution in [0.2, 0.25) is 0 Å². The average molecular weight is 486 g/mol. The van der Waals surface area contributed by atoms with Crippen LogP contribution in [0.15, 0.2) is 60.8 Å². The molecule has 1 aromatic heterocycles. The van der Waals surface area contributed by atoms with Crippen molar-refractivity contribution < 1.29 is 19.0 Å². The smallest absolute Gasteiger partial charge is 0.328 e. The molecule has 0 amide bonds. The van der Waals surface area contributed by atoms with Gasteiger partial charge >= 0.3 is 5.97 Å². The Morgan fingerprint density at radius 2 is 1.89 bits per heavy atom. The standard InChI is InChI=1S/C29H28FN3O3/c1-17-14-25(36-2)31-16-23(17)28(19-4-3-5-19)27(20-9-6-18(7-10-20)8-13-26(34)35)21-11-12-24-22(15-21)29(30)33-32-24/h6-16,19,29,32-33H,3-5H2,1-2H3,(H,34,35)/b13-8+,28-27+. The molecule has 2 aromatic carbocycles. The number of aliphatic carboxylic acids is 1. The summed E-state index contributed by atoms with van der Waals surface area (Å²) < 4.78 is 19.9. The minimum Gasteiger partial charge on any atom is -0.481 e. The summed E-state index contributed by atoms with van der Waals surface area (Å²) in [6, 6.07) is 15.6. The number of carboxylic acids is 1. The molecule has 36 heavy (non-hydrogen) atoms. The second-order valence-corrected chi connectivity index (χ2v) is 9.19. The SMILES string of the molecule is COc1cc(C)c(/C(=C(\c2ccc(/C=C/C(=O)O)cc2)c2ccc3c(c2)C(F)NN3)C2CCC2)cn1. The molecule has 1 saturated carbocycles. The van der Waals surface area contributed by atoms with Crippen molar-refractivity contribution in [2.75, 3.05) is 12.5 Å². The van der Waals surface area contributed by atoms with Gasteiger partial charge in [-0.15, -0.1) is 0 Å². The first-order chi connectivity index (χ1) is 17.4. The molecule has 7 heteroatoms. The van der Waals surface area contributed by atoms with Gasteiger partial charge in [-0.3, -0.25) is 0 Å². The number of halogens is 1. The number of allylic oxidation sites excluding steroid dienone is 1. The lowest BCUT2D eigenvalue weighted by atomic mass is 9.72. The number of aromatic nitrogens is 1. The number of hydrogen-bond donors (Lipinski definition) is 3. The fraction of sp³-hybridized carbons (Fsp3) is 0.241. The van der Waals surface area contributed by atoms with Gasteiger partial charge in [0.1, 0.15) is 0 Å². The topological polar surface area (TPSA) is 83.5 Å². The summed E-state index contributed by atoms with van der Waals surface area (Å²) in [5.74, 6) is -0.0722. The number of hydrazine groups is 1. The molecule has 6 nitrogen and oxygen atoms in total. The van der Waals surface area contributed by atoms with Gasteiger partial charge < -0.3 is 15.3 Å². The number of aryl methyl sites for hydroxylation is 1. The minimum atomic E-state index is -1.29. The predicted molar refractivity (Wildman–Crippen MR) is 139 cm³/mol. The number of ether oxygens (including phenoxy) is 1. The molecule has 1 fully saturated rings. The maximum atomic E-state index is 14.6. The quantitative estimate of drug-likeness (QED) is 0.275. The average Bonchev–Trinajstić information content (AvgIpc) is 3.22. The van der Waals surface area contributed by atoms with Gasteiger partial charge in [-0.2, -0.15) is 0 Å². The summed E-state index contributed by atoms with van der Waals surface area (Å²) in [6.07, 6.45) is 6.59. The van der Waals surface area contributed by atoms with Crippen LogP contribution in [0.1, 0.15) is 58.9 Å². The minimum absolute atomic E-state index is 0.353. The number of anilines is 1. The fourth-order valence-corrected chi connectivity index (χ4v) is 4.85. The van der Waals surface area contributed by atoms with E-state index < -0.39 is 12.3 Å². The van der Waals surface area contributed by atoms with Crippen LogP contribution < -0.4 is 15.6 Å². The van der Waals surface area contributed by atoms with Crippen LogP contribution in [0.5, 0.6) is 5.88 Å². The van der Waals surface area contributed by atoms with Gasteiger partial charge in [-0.1, -0.05) is 36.8 Å². The molecule has 1 atom stereocenters. The van der Waals surface area contributed by atoms with Crippen LogP contribution in [-0.2, 0) is 4.79 Å². The summed E-state index contributed by atoms with van der Waals surface area (Å²) in [5, 5.41) is 8.97. The summed E-state index contributed by atoms with van der Waals surface area (Å²) in [7, 11) is 1.61. The lowest BCUT2D eigenvalue weighted by Gasteiger charge is -2.32. The van der Waals surface area contributed by atoms with Gasteiger partial charge in [0.2, 0.25) is 5.88 Å². The lowest BCUT2D eigenvalue weighted by molar-refractivity contribution is -0.131. The maximum Gasteiger partial charge on any atom is 0.328 e. The van der Waals surface area contributed by atoms with Crippen molar-refractivity contribution in [3.63, 3.8) is 0 Å². The summed E-state index contributed by atoms with van der Waals surface area (Å²) in [5.41, 5.74) is 13.9. The second kappa shape index (κ2) is 9.95. The van der Waals surface area contributed by atoms with Crippen LogP contribution in [-0.4, -0.2) is 23.2 Å². The summed E-state index contributed by atoms with van der Waals surface area (Å²) in [6.45, 7) is 2.06. The highest BCUT2D eigenvalue weighted by Gasteiger charge is 2.30. The van der Waals surface area contributed by atoms with Crippen LogP contribution in [0.25, 0.3) is 17.2 Å². The zero-order valence-corrected chi connectivity index (χ0v) is 20.2. The number of alkyl halides is 1. The van der Waals surface area contributed by atoms with Gasteiger partial charge in [0.05, 0.1) is 12.8 Å². The first-order valence-corrected chi connectivity index (χ1v) is 12.0. The third-order valence-corrected chi connectivity index (χ3v) is 6.93. The number of methoxy groups -OCH3 is 1. The van der Waals surface area contributed by atoms with Crippen molar-refractivity contribution in [2.45, 2.75) is 32.5 Å². The van der Waals surface area contributed by atoms with Crippen molar-refractivity contribution in [2.24, 2.45) is 5.92 Å². The molecule has 184 valence electrons. The highest BCUT2D eigenvalue weighted by atomic mass is 19.1. The Morgan fingerprint density at radius 1 is 1.14 bits per heavy atom. The number of rotatable bonds is 7. The van der Waals surface area contributed by atoms with Gasteiger partial charge in [0.25, 0.3) is 0 Å². The van der Waals surface area contributed by atoms with Crippen molar-refractivity contribution in [1.82, 2.24) is 10.4 Å². The third-order valence-electron chi connectivity index (χ3n) is 6.93. The number of carbonyl (C=O) groups is 1. The first kappa shape index (κ1) is 23.8. The van der Waals surface area contributed by atoms with E-state index >= 15 is 0 Å². The Balaban J connectivity index is 1.73. The van der Waals surface area contributed by atoms with Crippen molar-refractivity contribution in [3.05, 3.63) is 94.2 Å².